The van der Waals surface area contributed by atoms with Crippen molar-refractivity contribution in [3.05, 3.63) is 35.9 Å². The fraction of sp³-hybridized carbons (Fsp3) is 0.462. The summed E-state index contributed by atoms with van der Waals surface area (Å²) in [5.74, 6) is 0.614. The van der Waals surface area contributed by atoms with E-state index in [1.54, 1.807) is 0 Å². The smallest absolute Gasteiger partial charge is 0.168 e. The van der Waals surface area contributed by atoms with Crippen LogP contribution in [-0.4, -0.2) is 23.6 Å². The molecule has 0 aliphatic rings. The molecule has 2 nitrogen and oxygen atoms in total. The second-order valence-corrected chi connectivity index (χ2v) is 4.81. The Labute approximate surface area is 104 Å². The lowest BCUT2D eigenvalue weighted by Gasteiger charge is -2.21. The highest BCUT2D eigenvalue weighted by molar-refractivity contribution is 7.80. The van der Waals surface area contributed by atoms with Gasteiger partial charge in [0.15, 0.2) is 5.11 Å². The summed E-state index contributed by atoms with van der Waals surface area (Å²) < 4.78 is 0. The molecule has 0 spiro atoms. The number of thiocarbonyl (C=S) groups is 1. The van der Waals surface area contributed by atoms with Crippen molar-refractivity contribution in [2.24, 2.45) is 5.92 Å². The van der Waals surface area contributed by atoms with Crippen molar-refractivity contribution in [1.82, 2.24) is 10.2 Å². The summed E-state index contributed by atoms with van der Waals surface area (Å²) in [5, 5.41) is 4.08. The number of rotatable bonds is 4. The summed E-state index contributed by atoms with van der Waals surface area (Å²) in [6.45, 7) is 6.13. The van der Waals surface area contributed by atoms with E-state index >= 15 is 0 Å². The number of benzene rings is 1. The van der Waals surface area contributed by atoms with Crippen LogP contribution < -0.4 is 5.32 Å². The molecular weight excluding hydrogens is 216 g/mol. The van der Waals surface area contributed by atoms with Gasteiger partial charge in [-0.15, -0.1) is 0 Å². The van der Waals surface area contributed by atoms with Crippen LogP contribution in [0.2, 0.25) is 0 Å². The van der Waals surface area contributed by atoms with Gasteiger partial charge in [-0.1, -0.05) is 44.2 Å². The maximum absolute atomic E-state index is 5.31. The summed E-state index contributed by atoms with van der Waals surface area (Å²) in [4.78, 5) is 2.06. The van der Waals surface area contributed by atoms with Gasteiger partial charge in [0.05, 0.1) is 0 Å². The monoisotopic (exact) mass is 236 g/mol. The number of hydrogen-bond acceptors (Lipinski definition) is 1. The van der Waals surface area contributed by atoms with Crippen LogP contribution in [-0.2, 0) is 6.54 Å². The minimum Gasteiger partial charge on any atom is -0.362 e. The van der Waals surface area contributed by atoms with Crippen LogP contribution in [0.4, 0.5) is 0 Å². The van der Waals surface area contributed by atoms with Gasteiger partial charge >= 0.3 is 0 Å². The van der Waals surface area contributed by atoms with E-state index < -0.39 is 0 Å². The molecule has 0 unspecified atom stereocenters. The van der Waals surface area contributed by atoms with Gasteiger partial charge in [0, 0.05) is 20.1 Å². The Morgan fingerprint density at radius 2 is 1.94 bits per heavy atom. The molecule has 1 aromatic carbocycles. The lowest BCUT2D eigenvalue weighted by Crippen LogP contribution is -2.38. The Hall–Kier alpha value is -1.09. The molecule has 0 fully saturated rings. The average Bonchev–Trinajstić information content (AvgIpc) is 2.27. The van der Waals surface area contributed by atoms with Gasteiger partial charge in [0.2, 0.25) is 0 Å². The third-order valence-corrected chi connectivity index (χ3v) is 2.73. The summed E-state index contributed by atoms with van der Waals surface area (Å²) >= 11 is 5.31. The second-order valence-electron chi connectivity index (χ2n) is 4.42. The Kier molecular flexibility index (Phi) is 5.26. The van der Waals surface area contributed by atoms with E-state index in [2.05, 4.69) is 36.2 Å². The summed E-state index contributed by atoms with van der Waals surface area (Å²) in [5.41, 5.74) is 1.28. The first-order valence-corrected chi connectivity index (χ1v) is 6.03. The predicted octanol–water partition coefficient (Wildman–Crippen LogP) is 2.65. The molecule has 0 amide bonds. The summed E-state index contributed by atoms with van der Waals surface area (Å²) in [6, 6.07) is 10.4. The van der Waals surface area contributed by atoms with Crippen molar-refractivity contribution in [3.8, 4) is 0 Å². The predicted molar refractivity (Wildman–Crippen MR) is 73.3 cm³/mol. The quantitative estimate of drug-likeness (QED) is 0.809. The van der Waals surface area contributed by atoms with Gasteiger partial charge in [0.25, 0.3) is 0 Å². The third kappa shape index (κ3) is 4.62. The molecule has 0 atom stereocenters. The molecule has 0 saturated carbocycles. The van der Waals surface area contributed by atoms with Gasteiger partial charge in [-0.2, -0.15) is 0 Å². The van der Waals surface area contributed by atoms with Crippen molar-refractivity contribution in [3.63, 3.8) is 0 Å². The van der Waals surface area contributed by atoms with Gasteiger partial charge in [0.1, 0.15) is 0 Å². The summed E-state index contributed by atoms with van der Waals surface area (Å²) in [7, 11) is 2.02. The molecule has 88 valence electrons. The van der Waals surface area contributed by atoms with Gasteiger partial charge in [-0.25, -0.2) is 0 Å². The number of nitrogens with one attached hydrogen (secondary N) is 1. The molecule has 0 aliphatic heterocycles. The zero-order valence-corrected chi connectivity index (χ0v) is 11.1. The van der Waals surface area contributed by atoms with Gasteiger partial charge < -0.3 is 10.2 Å². The first-order valence-electron chi connectivity index (χ1n) is 5.62. The topological polar surface area (TPSA) is 15.3 Å². The van der Waals surface area contributed by atoms with E-state index in [1.165, 1.54) is 5.56 Å². The highest BCUT2D eigenvalue weighted by Gasteiger charge is 2.04. The highest BCUT2D eigenvalue weighted by Crippen LogP contribution is 2.02. The zero-order chi connectivity index (χ0) is 12.0. The molecule has 0 bridgehead atoms. The normalized spacial score (nSPS) is 10.2. The van der Waals surface area contributed by atoms with Crippen LogP contribution in [0.15, 0.2) is 30.3 Å². The van der Waals surface area contributed by atoms with Crippen LogP contribution >= 0.6 is 12.2 Å². The molecule has 0 heterocycles. The molecule has 0 radical (unpaired) electrons. The van der Waals surface area contributed by atoms with Crippen molar-refractivity contribution in [1.29, 1.82) is 0 Å². The van der Waals surface area contributed by atoms with E-state index in [9.17, 15) is 0 Å². The van der Waals surface area contributed by atoms with Crippen LogP contribution in [0, 0.1) is 5.92 Å². The number of nitrogens with zero attached hydrogens (tertiary/aromatic N) is 1. The van der Waals surface area contributed by atoms with Crippen molar-refractivity contribution < 1.29 is 0 Å². The lowest BCUT2D eigenvalue weighted by molar-refractivity contribution is 0.480. The minimum atomic E-state index is 0.614. The van der Waals surface area contributed by atoms with Crippen molar-refractivity contribution in [2.75, 3.05) is 13.6 Å². The maximum atomic E-state index is 5.31. The zero-order valence-electron chi connectivity index (χ0n) is 10.2. The van der Waals surface area contributed by atoms with E-state index in [1.807, 2.05) is 25.2 Å². The molecule has 0 aliphatic carbocycles. The molecule has 0 aromatic heterocycles. The van der Waals surface area contributed by atoms with E-state index in [-0.39, 0.29) is 0 Å². The molecule has 1 rings (SSSR count). The largest absolute Gasteiger partial charge is 0.362 e. The first kappa shape index (κ1) is 13.0. The third-order valence-electron chi connectivity index (χ3n) is 2.27. The maximum Gasteiger partial charge on any atom is 0.168 e. The van der Waals surface area contributed by atoms with Crippen molar-refractivity contribution >= 4 is 17.3 Å². The van der Waals surface area contributed by atoms with Crippen molar-refractivity contribution in [2.45, 2.75) is 20.4 Å². The average molecular weight is 236 g/mol. The summed E-state index contributed by atoms with van der Waals surface area (Å²) in [6.07, 6.45) is 0. The Balaban J connectivity index is 2.40. The second kappa shape index (κ2) is 6.48. The van der Waals surface area contributed by atoms with Gasteiger partial charge in [-0.3, -0.25) is 0 Å². The standard InChI is InChI=1S/C13H20N2S/c1-11(2)9-14-13(16)15(3)10-12-7-5-4-6-8-12/h4-8,11H,9-10H2,1-3H3,(H,14,16). The molecule has 0 saturated heterocycles. The Morgan fingerprint density at radius 1 is 1.31 bits per heavy atom. The van der Waals surface area contributed by atoms with E-state index in [4.69, 9.17) is 12.2 Å². The molecule has 1 aromatic rings. The molecule has 3 heteroatoms. The Bertz CT molecular complexity index is 322. The van der Waals surface area contributed by atoms with Gasteiger partial charge in [-0.05, 0) is 23.7 Å². The minimum absolute atomic E-state index is 0.614. The lowest BCUT2D eigenvalue weighted by atomic mass is 10.2. The van der Waals surface area contributed by atoms with Crippen LogP contribution in [0.5, 0.6) is 0 Å². The van der Waals surface area contributed by atoms with Crippen LogP contribution in [0.25, 0.3) is 0 Å². The molecule has 16 heavy (non-hydrogen) atoms. The van der Waals surface area contributed by atoms with Crippen LogP contribution in [0.3, 0.4) is 0 Å². The highest BCUT2D eigenvalue weighted by atomic mass is 32.1. The van der Waals surface area contributed by atoms with E-state index in [0.717, 1.165) is 18.2 Å². The van der Waals surface area contributed by atoms with E-state index in [0.29, 0.717) is 5.92 Å². The fourth-order valence-corrected chi connectivity index (χ4v) is 1.50. The molecule has 1 N–H and O–H groups in total. The number of hydrogen-bond donors (Lipinski definition) is 1. The SMILES string of the molecule is CC(C)CNC(=S)N(C)Cc1ccccc1. The van der Waals surface area contributed by atoms with Crippen LogP contribution in [0.1, 0.15) is 19.4 Å². The fourth-order valence-electron chi connectivity index (χ4n) is 1.36. The molecular formula is C13H20N2S. The Morgan fingerprint density at radius 3 is 2.50 bits per heavy atom. The first-order chi connectivity index (χ1) is 7.59.